The van der Waals surface area contributed by atoms with E-state index in [1.807, 2.05) is 23.7 Å². The number of nitrogens with one attached hydrogen (secondary N) is 1. The van der Waals surface area contributed by atoms with Gasteiger partial charge in [0.05, 0.1) is 19.8 Å². The summed E-state index contributed by atoms with van der Waals surface area (Å²) in [5.74, 6) is 0.440. The molecule has 1 atom stereocenters. The highest BCUT2D eigenvalue weighted by atomic mass is 19.4. The molecule has 0 bridgehead atoms. The number of rotatable bonds is 7. The highest BCUT2D eigenvalue weighted by molar-refractivity contribution is 6.07. The number of alkyl halides is 3. The van der Waals surface area contributed by atoms with Gasteiger partial charge in [0, 0.05) is 37.7 Å². The van der Waals surface area contributed by atoms with Crippen molar-refractivity contribution in [3.05, 3.63) is 71.2 Å². The maximum absolute atomic E-state index is 12.4. The molecule has 1 aliphatic heterocycles. The molecule has 12 heteroatoms. The Bertz CT molecular complexity index is 1290. The third-order valence-corrected chi connectivity index (χ3v) is 6.15. The molecule has 0 saturated carbocycles. The molecule has 38 heavy (non-hydrogen) atoms. The number of nitrogens with zero attached hydrogens (tertiary/aromatic N) is 5. The van der Waals surface area contributed by atoms with Gasteiger partial charge in [0.15, 0.2) is 5.84 Å². The van der Waals surface area contributed by atoms with E-state index >= 15 is 0 Å². The maximum Gasteiger partial charge on any atom is 0.573 e. The monoisotopic (exact) mass is 530 g/mol. The van der Waals surface area contributed by atoms with Crippen molar-refractivity contribution < 1.29 is 27.4 Å². The fourth-order valence-electron chi connectivity index (χ4n) is 4.21. The van der Waals surface area contributed by atoms with Gasteiger partial charge in [-0.1, -0.05) is 0 Å². The van der Waals surface area contributed by atoms with E-state index in [1.165, 1.54) is 19.2 Å². The van der Waals surface area contributed by atoms with E-state index in [4.69, 9.17) is 14.9 Å². The third kappa shape index (κ3) is 6.88. The van der Waals surface area contributed by atoms with Crippen LogP contribution in [0.3, 0.4) is 0 Å². The van der Waals surface area contributed by atoms with Crippen molar-refractivity contribution in [1.82, 2.24) is 14.8 Å². The van der Waals surface area contributed by atoms with E-state index in [0.717, 1.165) is 55.1 Å². The number of anilines is 1. The summed E-state index contributed by atoms with van der Waals surface area (Å²) in [6.07, 6.45) is -0.714. The van der Waals surface area contributed by atoms with E-state index in [2.05, 4.69) is 24.7 Å². The minimum Gasteiger partial charge on any atom is -0.479 e. The van der Waals surface area contributed by atoms with Crippen molar-refractivity contribution >= 4 is 17.6 Å². The zero-order chi connectivity index (χ0) is 27.3. The predicted molar refractivity (Wildman–Crippen MR) is 136 cm³/mol. The fraction of sp³-hybridized carbons (Fsp3) is 0.385. The van der Waals surface area contributed by atoms with Crippen LogP contribution in [0.1, 0.15) is 35.4 Å². The molecule has 202 valence electrons. The lowest BCUT2D eigenvalue weighted by Gasteiger charge is -2.32. The summed E-state index contributed by atoms with van der Waals surface area (Å²) in [6, 6.07) is 10.7. The average molecular weight is 531 g/mol. The summed E-state index contributed by atoms with van der Waals surface area (Å²) in [6.45, 7) is 4.14. The van der Waals surface area contributed by atoms with Crippen molar-refractivity contribution in [2.45, 2.75) is 38.8 Å². The molecule has 1 unspecified atom stereocenters. The van der Waals surface area contributed by atoms with E-state index in [1.54, 1.807) is 19.4 Å². The lowest BCUT2D eigenvalue weighted by atomic mass is 10.1. The molecule has 1 fully saturated rings. The van der Waals surface area contributed by atoms with Crippen LogP contribution in [0.2, 0.25) is 0 Å². The Labute approximate surface area is 218 Å². The SMILES string of the molecule is COC(=NC(=N)c1ccc(OC(F)(F)F)cc1)c1cc(C)n(Cc2ccnc(N3CCCC(OC)C3)c2)n1. The van der Waals surface area contributed by atoms with Crippen LogP contribution in [-0.2, 0) is 16.0 Å². The van der Waals surface area contributed by atoms with Crippen LogP contribution in [-0.4, -0.2) is 66.3 Å². The summed E-state index contributed by atoms with van der Waals surface area (Å²) in [7, 11) is 3.15. The van der Waals surface area contributed by atoms with Gasteiger partial charge in [-0.15, -0.1) is 13.2 Å². The molecule has 3 heterocycles. The Morgan fingerprint density at radius 1 is 1.16 bits per heavy atom. The Morgan fingerprint density at radius 3 is 2.61 bits per heavy atom. The summed E-state index contributed by atoms with van der Waals surface area (Å²) >= 11 is 0. The molecular weight excluding hydrogens is 501 g/mol. The molecule has 1 aliphatic rings. The van der Waals surface area contributed by atoms with E-state index in [0.29, 0.717) is 17.8 Å². The number of aliphatic imine (C=N–C) groups is 1. The molecule has 2 aromatic heterocycles. The normalized spacial score (nSPS) is 16.4. The van der Waals surface area contributed by atoms with E-state index in [9.17, 15) is 13.2 Å². The fourth-order valence-corrected chi connectivity index (χ4v) is 4.21. The Balaban J connectivity index is 1.48. The molecule has 0 spiro atoms. The van der Waals surface area contributed by atoms with Crippen molar-refractivity contribution in [2.24, 2.45) is 4.99 Å². The van der Waals surface area contributed by atoms with Crippen LogP contribution in [0.25, 0.3) is 0 Å². The van der Waals surface area contributed by atoms with Crippen molar-refractivity contribution in [2.75, 3.05) is 32.2 Å². The lowest BCUT2D eigenvalue weighted by Crippen LogP contribution is -2.39. The Morgan fingerprint density at radius 2 is 1.92 bits per heavy atom. The summed E-state index contributed by atoms with van der Waals surface area (Å²) in [4.78, 5) is 11.0. The van der Waals surface area contributed by atoms with Gasteiger partial charge in [0.1, 0.15) is 17.3 Å². The first-order valence-electron chi connectivity index (χ1n) is 12.0. The Kier molecular flexibility index (Phi) is 8.30. The van der Waals surface area contributed by atoms with Gasteiger partial charge in [-0.05, 0) is 67.8 Å². The standard InChI is InChI=1S/C26H29F3N6O3/c1-17-13-22(25(37-3)32-24(30)19-6-8-20(9-7-19)38-26(27,28)29)33-35(17)15-18-10-11-31-23(14-18)34-12-4-5-21(16-34)36-2/h6-11,13-14,21,30H,4-5,12,15-16H2,1-3H3. The van der Waals surface area contributed by atoms with Crippen molar-refractivity contribution in [3.63, 3.8) is 0 Å². The number of piperidine rings is 1. The molecule has 1 saturated heterocycles. The minimum absolute atomic E-state index is 0.113. The number of aromatic nitrogens is 3. The number of ether oxygens (including phenoxy) is 3. The number of hydrogen-bond donors (Lipinski definition) is 1. The maximum atomic E-state index is 12.4. The quantitative estimate of drug-likeness (QED) is 0.355. The van der Waals surface area contributed by atoms with E-state index in [-0.39, 0.29) is 23.6 Å². The van der Waals surface area contributed by atoms with Crippen LogP contribution >= 0.6 is 0 Å². The molecule has 0 radical (unpaired) electrons. The number of halogens is 3. The van der Waals surface area contributed by atoms with Gasteiger partial charge in [-0.3, -0.25) is 10.1 Å². The number of hydrogen-bond acceptors (Lipinski definition) is 7. The molecule has 9 nitrogen and oxygen atoms in total. The zero-order valence-electron chi connectivity index (χ0n) is 21.3. The molecule has 0 aliphatic carbocycles. The molecular formula is C26H29F3N6O3. The molecule has 3 aromatic rings. The van der Waals surface area contributed by atoms with Gasteiger partial charge < -0.3 is 19.1 Å². The van der Waals surface area contributed by atoms with Crippen LogP contribution < -0.4 is 9.64 Å². The molecule has 0 amide bonds. The summed E-state index contributed by atoms with van der Waals surface area (Å²) in [5, 5.41) is 12.9. The molecule has 1 N–H and O–H groups in total. The second-order valence-corrected chi connectivity index (χ2v) is 8.84. The van der Waals surface area contributed by atoms with Crippen LogP contribution in [0.4, 0.5) is 19.0 Å². The van der Waals surface area contributed by atoms with Gasteiger partial charge in [-0.25, -0.2) is 4.98 Å². The molecule has 1 aromatic carbocycles. The summed E-state index contributed by atoms with van der Waals surface area (Å²) in [5.41, 5.74) is 2.61. The highest BCUT2D eigenvalue weighted by Gasteiger charge is 2.31. The highest BCUT2D eigenvalue weighted by Crippen LogP contribution is 2.23. The number of methoxy groups -OCH3 is 2. The van der Waals surface area contributed by atoms with Gasteiger partial charge in [0.25, 0.3) is 0 Å². The van der Waals surface area contributed by atoms with E-state index < -0.39 is 6.36 Å². The minimum atomic E-state index is -4.79. The van der Waals surface area contributed by atoms with Crippen molar-refractivity contribution in [1.29, 1.82) is 5.41 Å². The first-order valence-corrected chi connectivity index (χ1v) is 12.0. The largest absolute Gasteiger partial charge is 0.573 e. The van der Waals surface area contributed by atoms with Crippen LogP contribution in [0, 0.1) is 12.3 Å². The van der Waals surface area contributed by atoms with Crippen LogP contribution in [0.5, 0.6) is 5.75 Å². The van der Waals surface area contributed by atoms with Gasteiger partial charge in [0.2, 0.25) is 5.90 Å². The second kappa shape index (κ2) is 11.6. The van der Waals surface area contributed by atoms with Crippen molar-refractivity contribution in [3.8, 4) is 5.75 Å². The predicted octanol–water partition coefficient (Wildman–Crippen LogP) is 4.57. The lowest BCUT2D eigenvalue weighted by molar-refractivity contribution is -0.274. The number of pyridine rings is 1. The number of benzene rings is 1. The average Bonchev–Trinajstić information content (AvgIpc) is 3.26. The van der Waals surface area contributed by atoms with Crippen LogP contribution in [0.15, 0.2) is 53.7 Å². The van der Waals surface area contributed by atoms with Gasteiger partial charge >= 0.3 is 6.36 Å². The smallest absolute Gasteiger partial charge is 0.479 e. The third-order valence-electron chi connectivity index (χ3n) is 6.15. The Hall–Kier alpha value is -3.93. The van der Waals surface area contributed by atoms with Gasteiger partial charge in [-0.2, -0.15) is 10.1 Å². The summed E-state index contributed by atoms with van der Waals surface area (Å²) < 4.78 is 53.8. The zero-order valence-corrected chi connectivity index (χ0v) is 21.3. The second-order valence-electron chi connectivity index (χ2n) is 8.84. The molecule has 4 rings (SSSR count). The first-order chi connectivity index (χ1) is 18.1. The topological polar surface area (TPSA) is 97.9 Å². The number of aryl methyl sites for hydroxylation is 1. The number of amidine groups is 1. The first kappa shape index (κ1) is 27.1.